The first-order valence-electron chi connectivity index (χ1n) is 5.82. The number of nitrogens with zero attached hydrogens (tertiary/aromatic N) is 1. The van der Waals surface area contributed by atoms with E-state index >= 15 is 0 Å². The summed E-state index contributed by atoms with van der Waals surface area (Å²) in [6.07, 6.45) is 5.82. The van der Waals surface area contributed by atoms with Gasteiger partial charge < -0.3 is 5.73 Å². The molecule has 1 fully saturated rings. The second kappa shape index (κ2) is 4.62. The maximum Gasteiger partial charge on any atom is 0.0794 e. The van der Waals surface area contributed by atoms with Gasteiger partial charge in [-0.3, -0.25) is 4.98 Å². The van der Waals surface area contributed by atoms with Crippen molar-refractivity contribution in [3.63, 3.8) is 0 Å². The minimum Gasteiger partial charge on any atom is -0.323 e. The fraction of sp³-hybridized carbons (Fsp3) is 0.750. The van der Waals surface area contributed by atoms with Crippen molar-refractivity contribution in [2.45, 2.75) is 39.2 Å². The smallest absolute Gasteiger partial charge is 0.0794 e. The maximum atomic E-state index is 6.29. The number of nitrogens with two attached hydrogens (primary N) is 1. The average Bonchev–Trinajstić information content (AvgIpc) is 2.74. The van der Waals surface area contributed by atoms with E-state index in [1.807, 2.05) is 11.7 Å². The van der Waals surface area contributed by atoms with Crippen molar-refractivity contribution in [3.05, 3.63) is 16.6 Å². The largest absolute Gasteiger partial charge is 0.323 e. The summed E-state index contributed by atoms with van der Waals surface area (Å²) in [5, 5.41) is 0. The lowest BCUT2D eigenvalue weighted by Crippen LogP contribution is -2.28. The third kappa shape index (κ3) is 2.40. The van der Waals surface area contributed by atoms with Crippen molar-refractivity contribution < 1.29 is 0 Å². The van der Waals surface area contributed by atoms with Gasteiger partial charge in [-0.05, 0) is 30.6 Å². The Kier molecular flexibility index (Phi) is 3.42. The van der Waals surface area contributed by atoms with Crippen molar-refractivity contribution in [1.82, 2.24) is 4.98 Å². The predicted octanol–water partition coefficient (Wildman–Crippen LogP) is 3.22. The normalized spacial score (nSPS) is 33.9. The second-order valence-corrected chi connectivity index (χ2v) is 5.88. The molecule has 3 heteroatoms. The molecule has 4 unspecified atom stereocenters. The first kappa shape index (κ1) is 11.1. The number of hydrogen-bond donors (Lipinski definition) is 1. The molecule has 1 heterocycles. The monoisotopic (exact) mass is 224 g/mol. The highest BCUT2D eigenvalue weighted by Gasteiger charge is 2.29. The molecule has 4 atom stereocenters. The molecule has 0 amide bonds. The molecule has 0 saturated heterocycles. The third-order valence-electron chi connectivity index (χ3n) is 3.93. The molecule has 1 aliphatic carbocycles. The third-order valence-corrected chi connectivity index (χ3v) is 4.80. The lowest BCUT2D eigenvalue weighted by Gasteiger charge is -2.34. The Bertz CT molecular complexity index is 297. The highest BCUT2D eigenvalue weighted by Crippen LogP contribution is 2.39. The lowest BCUT2D eigenvalue weighted by molar-refractivity contribution is 0.187. The van der Waals surface area contributed by atoms with Crippen molar-refractivity contribution in [2.24, 2.45) is 23.5 Å². The van der Waals surface area contributed by atoms with Crippen molar-refractivity contribution in [1.29, 1.82) is 0 Å². The van der Waals surface area contributed by atoms with E-state index in [9.17, 15) is 0 Å². The second-order valence-electron chi connectivity index (χ2n) is 4.96. The van der Waals surface area contributed by atoms with Gasteiger partial charge in [0.15, 0.2) is 0 Å². The van der Waals surface area contributed by atoms with E-state index in [4.69, 9.17) is 5.73 Å². The molecular weight excluding hydrogens is 204 g/mol. The summed E-state index contributed by atoms with van der Waals surface area (Å²) in [6, 6.07) is 0.215. The van der Waals surface area contributed by atoms with E-state index in [1.54, 1.807) is 11.3 Å². The lowest BCUT2D eigenvalue weighted by atomic mass is 9.73. The van der Waals surface area contributed by atoms with Crippen molar-refractivity contribution in [3.8, 4) is 0 Å². The maximum absolute atomic E-state index is 6.29. The molecule has 1 aromatic rings. The van der Waals surface area contributed by atoms with Crippen LogP contribution in [0.1, 0.15) is 44.0 Å². The van der Waals surface area contributed by atoms with Crippen molar-refractivity contribution in [2.75, 3.05) is 0 Å². The quantitative estimate of drug-likeness (QED) is 0.837. The van der Waals surface area contributed by atoms with E-state index in [2.05, 4.69) is 18.8 Å². The van der Waals surface area contributed by atoms with Crippen LogP contribution in [0.25, 0.3) is 0 Å². The van der Waals surface area contributed by atoms with Crippen LogP contribution in [0.4, 0.5) is 0 Å². The summed E-state index contributed by atoms with van der Waals surface area (Å²) in [7, 11) is 0. The fourth-order valence-electron chi connectivity index (χ4n) is 2.54. The molecule has 2 N–H and O–H groups in total. The topological polar surface area (TPSA) is 38.9 Å². The van der Waals surface area contributed by atoms with Crippen LogP contribution >= 0.6 is 11.3 Å². The van der Waals surface area contributed by atoms with Gasteiger partial charge in [0.2, 0.25) is 0 Å². The first-order valence-corrected chi connectivity index (χ1v) is 6.70. The molecule has 0 aromatic carbocycles. The fourth-order valence-corrected chi connectivity index (χ4v) is 3.25. The minimum absolute atomic E-state index is 0.215. The minimum atomic E-state index is 0.215. The molecule has 84 valence electrons. The first-order chi connectivity index (χ1) is 7.18. The summed E-state index contributed by atoms with van der Waals surface area (Å²) in [4.78, 5) is 5.36. The molecule has 1 aromatic heterocycles. The summed E-state index contributed by atoms with van der Waals surface area (Å²) in [5.41, 5.74) is 8.17. The highest BCUT2D eigenvalue weighted by molar-refractivity contribution is 7.09. The molecule has 1 saturated carbocycles. The number of thiazole rings is 1. The van der Waals surface area contributed by atoms with E-state index in [0.29, 0.717) is 5.92 Å². The summed E-state index contributed by atoms with van der Waals surface area (Å²) in [6.45, 7) is 4.72. The molecule has 1 aliphatic rings. The zero-order valence-corrected chi connectivity index (χ0v) is 10.3. The van der Waals surface area contributed by atoms with Gasteiger partial charge in [-0.1, -0.05) is 20.3 Å². The Hall–Kier alpha value is -0.410. The Morgan fingerprint density at radius 3 is 2.80 bits per heavy atom. The SMILES string of the molecule is CC1CCC(C(N)c2cncs2)CC1C. The zero-order valence-electron chi connectivity index (χ0n) is 9.52. The van der Waals surface area contributed by atoms with Gasteiger partial charge in [0, 0.05) is 17.1 Å². The molecular formula is C12H20N2S. The molecule has 15 heavy (non-hydrogen) atoms. The van der Waals surface area contributed by atoms with Gasteiger partial charge in [-0.25, -0.2) is 0 Å². The molecule has 0 radical (unpaired) electrons. The van der Waals surface area contributed by atoms with Gasteiger partial charge >= 0.3 is 0 Å². The standard InChI is InChI=1S/C12H20N2S/c1-8-3-4-10(5-9(8)2)12(13)11-6-14-7-15-11/h6-10,12H,3-5,13H2,1-2H3. The molecule has 2 rings (SSSR count). The van der Waals surface area contributed by atoms with Gasteiger partial charge in [-0.2, -0.15) is 0 Å². The summed E-state index contributed by atoms with van der Waals surface area (Å²) < 4.78 is 0. The van der Waals surface area contributed by atoms with Crippen LogP contribution < -0.4 is 5.73 Å². The number of rotatable bonds is 2. The van der Waals surface area contributed by atoms with Gasteiger partial charge in [0.25, 0.3) is 0 Å². The molecule has 0 aliphatic heterocycles. The molecule has 0 bridgehead atoms. The number of aromatic nitrogens is 1. The van der Waals surface area contributed by atoms with Gasteiger partial charge in [0.05, 0.1) is 5.51 Å². The predicted molar refractivity (Wildman–Crippen MR) is 64.7 cm³/mol. The van der Waals surface area contributed by atoms with Crippen LogP contribution in [0.15, 0.2) is 11.7 Å². The van der Waals surface area contributed by atoms with E-state index in [-0.39, 0.29) is 6.04 Å². The van der Waals surface area contributed by atoms with Crippen LogP contribution in [0.5, 0.6) is 0 Å². The van der Waals surface area contributed by atoms with Crippen LogP contribution in [0, 0.1) is 17.8 Å². The highest BCUT2D eigenvalue weighted by atomic mass is 32.1. The molecule has 2 nitrogen and oxygen atoms in total. The Balaban J connectivity index is 2.00. The summed E-state index contributed by atoms with van der Waals surface area (Å²) in [5.74, 6) is 2.36. The zero-order chi connectivity index (χ0) is 10.8. The van der Waals surface area contributed by atoms with Gasteiger partial charge in [0.1, 0.15) is 0 Å². The van der Waals surface area contributed by atoms with E-state index in [1.165, 1.54) is 24.1 Å². The summed E-state index contributed by atoms with van der Waals surface area (Å²) >= 11 is 1.69. The van der Waals surface area contributed by atoms with Crippen LogP contribution in [0.2, 0.25) is 0 Å². The van der Waals surface area contributed by atoms with E-state index < -0.39 is 0 Å². The average molecular weight is 224 g/mol. The molecule has 0 spiro atoms. The van der Waals surface area contributed by atoms with Crippen LogP contribution in [-0.4, -0.2) is 4.98 Å². The Labute approximate surface area is 95.9 Å². The number of hydrogen-bond acceptors (Lipinski definition) is 3. The Morgan fingerprint density at radius 1 is 1.40 bits per heavy atom. The van der Waals surface area contributed by atoms with E-state index in [0.717, 1.165) is 11.8 Å². The van der Waals surface area contributed by atoms with Crippen LogP contribution in [-0.2, 0) is 0 Å². The van der Waals surface area contributed by atoms with Crippen molar-refractivity contribution >= 4 is 11.3 Å². The Morgan fingerprint density at radius 2 is 2.20 bits per heavy atom. The van der Waals surface area contributed by atoms with Gasteiger partial charge in [-0.15, -0.1) is 11.3 Å². The van der Waals surface area contributed by atoms with Crippen LogP contribution in [0.3, 0.4) is 0 Å².